The maximum Gasteiger partial charge on any atom is 0.205 e. The molecule has 0 amide bonds. The molecule has 2 aromatic heterocycles. The Hall–Kier alpha value is -1.67. The van der Waals surface area contributed by atoms with Crippen LogP contribution < -0.4 is 10.2 Å². The summed E-state index contributed by atoms with van der Waals surface area (Å²) in [6.07, 6.45) is 1.94. The van der Waals surface area contributed by atoms with Crippen LogP contribution in [0.15, 0.2) is 22.5 Å². The van der Waals surface area contributed by atoms with E-state index in [2.05, 4.69) is 53.9 Å². The smallest absolute Gasteiger partial charge is 0.205 e. The van der Waals surface area contributed by atoms with E-state index in [-0.39, 0.29) is 0 Å². The standard InChI is InChI=1S/C16H24N6S2/c1-3-14-19-16(24-20-14)22-10-8-21(9-11-22)15(17-2)18-7-6-13-5-4-12-23-13/h4-5,12H,3,6-11H2,1-2H3,(H,17,18). The molecule has 3 heterocycles. The highest BCUT2D eigenvalue weighted by molar-refractivity contribution is 7.10. The Morgan fingerprint density at radius 2 is 2.17 bits per heavy atom. The monoisotopic (exact) mass is 364 g/mol. The maximum absolute atomic E-state index is 4.59. The lowest BCUT2D eigenvalue weighted by molar-refractivity contribution is 0.373. The third-order valence-electron chi connectivity index (χ3n) is 4.07. The second-order valence-electron chi connectivity index (χ2n) is 5.62. The fraction of sp³-hybridized carbons (Fsp3) is 0.562. The molecule has 0 atom stereocenters. The summed E-state index contributed by atoms with van der Waals surface area (Å²) >= 11 is 3.32. The van der Waals surface area contributed by atoms with Crippen LogP contribution in [0.3, 0.4) is 0 Å². The average Bonchev–Trinajstić information content (AvgIpc) is 3.30. The van der Waals surface area contributed by atoms with Gasteiger partial charge < -0.3 is 15.1 Å². The van der Waals surface area contributed by atoms with Gasteiger partial charge in [-0.05, 0) is 17.9 Å². The second kappa shape index (κ2) is 8.43. The van der Waals surface area contributed by atoms with Gasteiger partial charge in [0, 0.05) is 62.6 Å². The molecule has 1 saturated heterocycles. The first-order valence-corrected chi connectivity index (χ1v) is 10.0. The molecular weight excluding hydrogens is 340 g/mol. The van der Waals surface area contributed by atoms with Crippen LogP contribution in [0.4, 0.5) is 5.13 Å². The van der Waals surface area contributed by atoms with Crippen molar-refractivity contribution >= 4 is 34.0 Å². The number of guanidine groups is 1. The topological polar surface area (TPSA) is 56.7 Å². The van der Waals surface area contributed by atoms with Crippen LogP contribution in [0.5, 0.6) is 0 Å². The summed E-state index contributed by atoms with van der Waals surface area (Å²) < 4.78 is 4.39. The average molecular weight is 365 g/mol. The molecule has 0 aliphatic carbocycles. The Bertz CT molecular complexity index is 643. The number of aromatic nitrogens is 2. The minimum absolute atomic E-state index is 0.900. The van der Waals surface area contributed by atoms with E-state index in [1.165, 1.54) is 16.4 Å². The predicted molar refractivity (Wildman–Crippen MR) is 102 cm³/mol. The van der Waals surface area contributed by atoms with Crippen molar-refractivity contribution in [1.82, 2.24) is 19.6 Å². The number of hydrogen-bond donors (Lipinski definition) is 1. The molecule has 2 aromatic rings. The number of thiophene rings is 1. The maximum atomic E-state index is 4.59. The van der Waals surface area contributed by atoms with Gasteiger partial charge in [-0.1, -0.05) is 13.0 Å². The van der Waals surface area contributed by atoms with Gasteiger partial charge in [-0.2, -0.15) is 4.37 Å². The van der Waals surface area contributed by atoms with Gasteiger partial charge in [-0.3, -0.25) is 4.99 Å². The Morgan fingerprint density at radius 3 is 2.79 bits per heavy atom. The number of aryl methyl sites for hydroxylation is 1. The Labute approximate surface area is 151 Å². The first kappa shape index (κ1) is 17.2. The van der Waals surface area contributed by atoms with Crippen molar-refractivity contribution < 1.29 is 0 Å². The fourth-order valence-corrected chi connectivity index (χ4v) is 4.22. The number of anilines is 1. The molecule has 0 aromatic carbocycles. The lowest BCUT2D eigenvalue weighted by Gasteiger charge is -2.36. The van der Waals surface area contributed by atoms with E-state index in [0.717, 1.165) is 62.5 Å². The molecule has 0 radical (unpaired) electrons. The van der Waals surface area contributed by atoms with Crippen LogP contribution in [0, 0.1) is 0 Å². The number of nitrogens with one attached hydrogen (secondary N) is 1. The minimum Gasteiger partial charge on any atom is -0.356 e. The van der Waals surface area contributed by atoms with Gasteiger partial charge in [0.2, 0.25) is 5.13 Å². The van der Waals surface area contributed by atoms with E-state index < -0.39 is 0 Å². The van der Waals surface area contributed by atoms with Gasteiger partial charge in [0.1, 0.15) is 5.82 Å². The minimum atomic E-state index is 0.900. The van der Waals surface area contributed by atoms with E-state index >= 15 is 0 Å². The van der Waals surface area contributed by atoms with E-state index in [1.807, 2.05) is 18.4 Å². The summed E-state index contributed by atoms with van der Waals surface area (Å²) in [7, 11) is 1.86. The zero-order valence-electron chi connectivity index (χ0n) is 14.2. The van der Waals surface area contributed by atoms with Crippen molar-refractivity contribution in [3.8, 4) is 0 Å². The summed E-state index contributed by atoms with van der Waals surface area (Å²) in [6.45, 7) is 6.85. The second-order valence-corrected chi connectivity index (χ2v) is 7.39. The molecule has 0 unspecified atom stereocenters. The molecule has 24 heavy (non-hydrogen) atoms. The fourth-order valence-electron chi connectivity index (χ4n) is 2.71. The lowest BCUT2D eigenvalue weighted by atomic mass is 10.3. The lowest BCUT2D eigenvalue weighted by Crippen LogP contribution is -2.52. The molecule has 3 rings (SSSR count). The van der Waals surface area contributed by atoms with Gasteiger partial charge in [-0.25, -0.2) is 4.98 Å². The molecule has 8 heteroatoms. The van der Waals surface area contributed by atoms with Crippen LogP contribution in [0.1, 0.15) is 17.6 Å². The van der Waals surface area contributed by atoms with Crippen molar-refractivity contribution in [2.24, 2.45) is 4.99 Å². The molecule has 0 saturated carbocycles. The summed E-state index contributed by atoms with van der Waals surface area (Å²) in [5, 5.41) is 6.66. The van der Waals surface area contributed by atoms with Crippen LogP contribution in [0.25, 0.3) is 0 Å². The number of rotatable bonds is 5. The molecule has 6 nitrogen and oxygen atoms in total. The van der Waals surface area contributed by atoms with Crippen molar-refractivity contribution in [2.75, 3.05) is 44.7 Å². The van der Waals surface area contributed by atoms with Crippen LogP contribution in [0.2, 0.25) is 0 Å². The SMILES string of the molecule is CCc1nsc(N2CCN(C(=NC)NCCc3cccs3)CC2)n1. The third-order valence-corrected chi connectivity index (χ3v) is 5.82. The van der Waals surface area contributed by atoms with E-state index in [0.29, 0.717) is 0 Å². The molecule has 130 valence electrons. The Morgan fingerprint density at radius 1 is 1.33 bits per heavy atom. The predicted octanol–water partition coefficient (Wildman–Crippen LogP) is 2.10. The first-order valence-electron chi connectivity index (χ1n) is 8.35. The highest BCUT2D eigenvalue weighted by Gasteiger charge is 2.21. The van der Waals surface area contributed by atoms with Crippen molar-refractivity contribution in [2.45, 2.75) is 19.8 Å². The van der Waals surface area contributed by atoms with Crippen LogP contribution in [-0.2, 0) is 12.8 Å². The van der Waals surface area contributed by atoms with E-state index in [4.69, 9.17) is 0 Å². The number of hydrogen-bond acceptors (Lipinski definition) is 6. The van der Waals surface area contributed by atoms with Crippen molar-refractivity contribution in [3.05, 3.63) is 28.2 Å². The zero-order valence-corrected chi connectivity index (χ0v) is 15.9. The van der Waals surface area contributed by atoms with Crippen LogP contribution in [-0.4, -0.2) is 60.0 Å². The van der Waals surface area contributed by atoms with Gasteiger partial charge in [-0.15, -0.1) is 11.3 Å². The highest BCUT2D eigenvalue weighted by Crippen LogP contribution is 2.19. The summed E-state index contributed by atoms with van der Waals surface area (Å²) in [4.78, 5) is 15.1. The number of nitrogens with zero attached hydrogens (tertiary/aromatic N) is 5. The van der Waals surface area contributed by atoms with Gasteiger partial charge in [0.15, 0.2) is 5.96 Å². The third kappa shape index (κ3) is 4.24. The Balaban J connectivity index is 1.47. The number of aliphatic imine (C=N–C) groups is 1. The van der Waals surface area contributed by atoms with Crippen LogP contribution >= 0.6 is 22.9 Å². The first-order chi connectivity index (χ1) is 11.8. The molecule has 1 fully saturated rings. The van der Waals surface area contributed by atoms with Gasteiger partial charge >= 0.3 is 0 Å². The zero-order chi connectivity index (χ0) is 16.8. The van der Waals surface area contributed by atoms with Crippen molar-refractivity contribution in [3.63, 3.8) is 0 Å². The van der Waals surface area contributed by atoms with E-state index in [1.54, 1.807) is 0 Å². The normalized spacial score (nSPS) is 15.8. The largest absolute Gasteiger partial charge is 0.356 e. The van der Waals surface area contributed by atoms with Crippen molar-refractivity contribution in [1.29, 1.82) is 0 Å². The summed E-state index contributed by atoms with van der Waals surface area (Å²) in [6, 6.07) is 4.28. The summed E-state index contributed by atoms with van der Waals surface area (Å²) in [5.41, 5.74) is 0. The molecular formula is C16H24N6S2. The molecule has 1 aliphatic rings. The summed E-state index contributed by atoms with van der Waals surface area (Å²) in [5.74, 6) is 1.95. The molecule has 0 spiro atoms. The van der Waals surface area contributed by atoms with Gasteiger partial charge in [0.25, 0.3) is 0 Å². The number of piperazine rings is 1. The van der Waals surface area contributed by atoms with Gasteiger partial charge in [0.05, 0.1) is 0 Å². The molecule has 1 aliphatic heterocycles. The molecule has 1 N–H and O–H groups in total. The highest BCUT2D eigenvalue weighted by atomic mass is 32.1. The quantitative estimate of drug-likeness (QED) is 0.650. The van der Waals surface area contributed by atoms with E-state index in [9.17, 15) is 0 Å². The molecule has 0 bridgehead atoms. The Kier molecular flexibility index (Phi) is 6.03.